The maximum atomic E-state index is 5.86. The number of rotatable bonds is 8. The first-order valence-electron chi connectivity index (χ1n) is 7.97. The molecular weight excluding hydrogens is 246 g/mol. The molecule has 0 saturated heterocycles. The highest BCUT2D eigenvalue weighted by molar-refractivity contribution is 5.40. The van der Waals surface area contributed by atoms with Crippen LogP contribution in [-0.2, 0) is 0 Å². The molecule has 0 radical (unpaired) electrons. The molecule has 0 aliphatic rings. The van der Waals surface area contributed by atoms with Crippen LogP contribution in [0.4, 0.5) is 0 Å². The van der Waals surface area contributed by atoms with Crippen molar-refractivity contribution in [2.75, 3.05) is 6.61 Å². The van der Waals surface area contributed by atoms with Crippen molar-refractivity contribution in [3.8, 4) is 5.75 Å². The zero-order chi connectivity index (χ0) is 15.1. The Balaban J connectivity index is 2.86. The van der Waals surface area contributed by atoms with E-state index in [1.54, 1.807) is 0 Å². The lowest BCUT2D eigenvalue weighted by atomic mass is 9.90. The van der Waals surface area contributed by atoms with E-state index in [4.69, 9.17) is 10.5 Å². The monoisotopic (exact) mass is 277 g/mol. The molecule has 1 aromatic rings. The summed E-state index contributed by atoms with van der Waals surface area (Å²) in [6, 6.07) is 6.96. The van der Waals surface area contributed by atoms with Gasteiger partial charge in [0.2, 0.25) is 0 Å². The lowest BCUT2D eigenvalue weighted by Gasteiger charge is -2.19. The Kier molecular flexibility index (Phi) is 7.08. The highest BCUT2D eigenvalue weighted by Gasteiger charge is 2.13. The number of ether oxygens (including phenoxy) is 1. The summed E-state index contributed by atoms with van der Waals surface area (Å²) in [7, 11) is 0. The summed E-state index contributed by atoms with van der Waals surface area (Å²) in [5.41, 5.74) is 8.58. The molecule has 1 rings (SSSR count). The summed E-state index contributed by atoms with van der Waals surface area (Å²) in [5.74, 6) is 2.09. The fourth-order valence-electron chi connectivity index (χ4n) is 2.35. The van der Waals surface area contributed by atoms with E-state index in [9.17, 15) is 0 Å². The van der Waals surface area contributed by atoms with Crippen LogP contribution in [0, 0.1) is 0 Å². The Morgan fingerprint density at radius 3 is 2.35 bits per heavy atom. The van der Waals surface area contributed by atoms with E-state index < -0.39 is 0 Å². The van der Waals surface area contributed by atoms with Crippen LogP contribution in [0.2, 0.25) is 0 Å². The first-order valence-corrected chi connectivity index (χ1v) is 7.97. The van der Waals surface area contributed by atoms with Crippen molar-refractivity contribution in [1.82, 2.24) is 0 Å². The second-order valence-corrected chi connectivity index (χ2v) is 6.26. The summed E-state index contributed by atoms with van der Waals surface area (Å²) in [5, 5.41) is 0. The van der Waals surface area contributed by atoms with E-state index in [0.717, 1.165) is 31.6 Å². The van der Waals surface area contributed by atoms with Gasteiger partial charge in [0.25, 0.3) is 0 Å². The average Bonchev–Trinajstić information content (AvgIpc) is 2.42. The van der Waals surface area contributed by atoms with Gasteiger partial charge >= 0.3 is 0 Å². The van der Waals surface area contributed by atoms with Crippen molar-refractivity contribution in [2.24, 2.45) is 5.73 Å². The molecular formula is C18H31NO. The van der Waals surface area contributed by atoms with Crippen molar-refractivity contribution < 1.29 is 4.74 Å². The van der Waals surface area contributed by atoms with Crippen molar-refractivity contribution in [1.29, 1.82) is 0 Å². The van der Waals surface area contributed by atoms with Crippen LogP contribution in [0.1, 0.15) is 76.8 Å². The molecule has 2 unspecified atom stereocenters. The molecule has 0 fully saturated rings. The smallest absolute Gasteiger partial charge is 0.122 e. The second kappa shape index (κ2) is 8.31. The van der Waals surface area contributed by atoms with Gasteiger partial charge in [0, 0.05) is 6.04 Å². The molecule has 2 nitrogen and oxygen atoms in total. The minimum absolute atomic E-state index is 0.286. The molecule has 114 valence electrons. The van der Waals surface area contributed by atoms with Crippen LogP contribution in [0.25, 0.3) is 0 Å². The topological polar surface area (TPSA) is 35.2 Å². The van der Waals surface area contributed by atoms with Crippen molar-refractivity contribution in [3.63, 3.8) is 0 Å². The molecule has 1 aromatic carbocycles. The Bertz CT molecular complexity index is 398. The van der Waals surface area contributed by atoms with Crippen molar-refractivity contribution >= 4 is 0 Å². The molecule has 0 aliphatic heterocycles. The van der Waals surface area contributed by atoms with Gasteiger partial charge in [0.15, 0.2) is 0 Å². The third-order valence-corrected chi connectivity index (χ3v) is 3.74. The van der Waals surface area contributed by atoms with E-state index in [0.29, 0.717) is 11.8 Å². The SMILES string of the molecule is CCCOc1ccc(C(C)CCC(C)N)cc1C(C)C. The lowest BCUT2D eigenvalue weighted by molar-refractivity contribution is 0.313. The van der Waals surface area contributed by atoms with Gasteiger partial charge in [-0.15, -0.1) is 0 Å². The molecule has 2 atom stereocenters. The Morgan fingerprint density at radius 1 is 1.10 bits per heavy atom. The normalized spacial score (nSPS) is 14.3. The summed E-state index contributed by atoms with van der Waals surface area (Å²) in [4.78, 5) is 0. The molecule has 0 bridgehead atoms. The van der Waals surface area contributed by atoms with Gasteiger partial charge < -0.3 is 10.5 Å². The minimum Gasteiger partial charge on any atom is -0.493 e. The third-order valence-electron chi connectivity index (χ3n) is 3.74. The Morgan fingerprint density at radius 2 is 1.80 bits per heavy atom. The summed E-state index contributed by atoms with van der Waals surface area (Å²) in [6.07, 6.45) is 3.26. The van der Waals surface area contributed by atoms with E-state index in [2.05, 4.69) is 52.8 Å². The first kappa shape index (κ1) is 17.0. The maximum Gasteiger partial charge on any atom is 0.122 e. The average molecular weight is 277 g/mol. The number of hydrogen-bond donors (Lipinski definition) is 1. The fraction of sp³-hybridized carbons (Fsp3) is 0.667. The molecule has 0 aliphatic carbocycles. The first-order chi connectivity index (χ1) is 9.45. The minimum atomic E-state index is 0.286. The molecule has 0 aromatic heterocycles. The summed E-state index contributed by atoms with van der Waals surface area (Å²) >= 11 is 0. The van der Waals surface area contributed by atoms with Crippen molar-refractivity contribution in [3.05, 3.63) is 29.3 Å². The highest BCUT2D eigenvalue weighted by atomic mass is 16.5. The van der Waals surface area contributed by atoms with E-state index in [-0.39, 0.29) is 6.04 Å². The van der Waals surface area contributed by atoms with Crippen LogP contribution in [0.5, 0.6) is 5.75 Å². The molecule has 2 N–H and O–H groups in total. The van der Waals surface area contributed by atoms with Gasteiger partial charge in [0.05, 0.1) is 6.61 Å². The fourth-order valence-corrected chi connectivity index (χ4v) is 2.35. The summed E-state index contributed by atoms with van der Waals surface area (Å²) in [6.45, 7) is 11.7. The number of hydrogen-bond acceptors (Lipinski definition) is 2. The van der Waals surface area contributed by atoms with Crippen molar-refractivity contribution in [2.45, 2.75) is 71.8 Å². The molecule has 0 spiro atoms. The van der Waals surface area contributed by atoms with Crippen LogP contribution in [0.15, 0.2) is 18.2 Å². The van der Waals surface area contributed by atoms with Gasteiger partial charge in [-0.1, -0.05) is 39.8 Å². The van der Waals surface area contributed by atoms with Crippen LogP contribution >= 0.6 is 0 Å². The predicted molar refractivity (Wildman–Crippen MR) is 87.6 cm³/mol. The maximum absolute atomic E-state index is 5.86. The van der Waals surface area contributed by atoms with Gasteiger partial charge in [-0.05, 0) is 55.2 Å². The molecule has 0 saturated carbocycles. The lowest BCUT2D eigenvalue weighted by Crippen LogP contribution is -2.15. The van der Waals surface area contributed by atoms with Gasteiger partial charge in [-0.2, -0.15) is 0 Å². The largest absolute Gasteiger partial charge is 0.493 e. The van der Waals surface area contributed by atoms with E-state index in [1.807, 2.05) is 0 Å². The van der Waals surface area contributed by atoms with Crippen LogP contribution in [0.3, 0.4) is 0 Å². The second-order valence-electron chi connectivity index (χ2n) is 6.26. The van der Waals surface area contributed by atoms with Gasteiger partial charge in [-0.3, -0.25) is 0 Å². The quantitative estimate of drug-likeness (QED) is 0.738. The van der Waals surface area contributed by atoms with Crippen LogP contribution in [-0.4, -0.2) is 12.6 Å². The van der Waals surface area contributed by atoms with Gasteiger partial charge in [0.1, 0.15) is 5.75 Å². The molecule has 2 heteroatoms. The van der Waals surface area contributed by atoms with Gasteiger partial charge in [-0.25, -0.2) is 0 Å². The predicted octanol–water partition coefficient (Wildman–Crippen LogP) is 4.83. The standard InChI is InChI=1S/C18H31NO/c1-6-11-20-18-10-9-16(12-17(18)13(2)3)14(4)7-8-15(5)19/h9-10,12-15H,6-8,11,19H2,1-5H3. The molecule has 0 amide bonds. The number of nitrogens with two attached hydrogens (primary N) is 1. The zero-order valence-corrected chi connectivity index (χ0v) is 13.8. The van der Waals surface area contributed by atoms with E-state index in [1.165, 1.54) is 11.1 Å². The molecule has 0 heterocycles. The van der Waals surface area contributed by atoms with Crippen LogP contribution < -0.4 is 10.5 Å². The Hall–Kier alpha value is -1.02. The van der Waals surface area contributed by atoms with E-state index >= 15 is 0 Å². The zero-order valence-electron chi connectivity index (χ0n) is 13.8. The third kappa shape index (κ3) is 5.16. The Labute approximate surface area is 124 Å². The molecule has 20 heavy (non-hydrogen) atoms. The summed E-state index contributed by atoms with van der Waals surface area (Å²) < 4.78 is 5.86. The highest BCUT2D eigenvalue weighted by Crippen LogP contribution is 2.31. The number of benzene rings is 1.